The number of fused-ring (bicyclic) bond motifs is 1. The molecule has 0 aromatic heterocycles. The average Bonchev–Trinajstić information content (AvgIpc) is 2.01. The molecule has 0 unspecified atom stereocenters. The van der Waals surface area contributed by atoms with Gasteiger partial charge >= 0.3 is 0 Å². The van der Waals surface area contributed by atoms with Gasteiger partial charge in [0.15, 0.2) is 5.78 Å². The molecule has 2 rings (SSSR count). The Bertz CT molecular complexity index is 333. The van der Waals surface area contributed by atoms with Crippen LogP contribution in [-0.4, -0.2) is 22.0 Å². The Morgan fingerprint density at radius 3 is 3.08 bits per heavy atom. The zero-order valence-electron chi connectivity index (χ0n) is 7.19. The second-order valence-electron chi connectivity index (χ2n) is 3.05. The molecule has 2 heterocycles. The van der Waals surface area contributed by atoms with Crippen molar-refractivity contribution in [2.24, 2.45) is 0 Å². The number of amides is 1. The summed E-state index contributed by atoms with van der Waals surface area (Å²) in [6, 6.07) is 0. The largest absolute Gasteiger partial charge is 0.306 e. The van der Waals surface area contributed by atoms with E-state index >= 15 is 0 Å². The van der Waals surface area contributed by atoms with Crippen LogP contribution in [0.1, 0.15) is 13.3 Å². The third kappa shape index (κ3) is 1.54. The molecule has 1 saturated heterocycles. The van der Waals surface area contributed by atoms with Gasteiger partial charge in [-0.25, -0.2) is 0 Å². The minimum absolute atomic E-state index is 0.0475. The fourth-order valence-electron chi connectivity index (χ4n) is 1.31. The number of carbonyl (C=O) groups excluding carboxylic acids is 2. The first kappa shape index (κ1) is 8.56. The van der Waals surface area contributed by atoms with Crippen LogP contribution in [0, 0.1) is 0 Å². The van der Waals surface area contributed by atoms with Crippen molar-refractivity contribution < 1.29 is 9.59 Å². The predicted molar refractivity (Wildman–Crippen MR) is 50.7 cm³/mol. The van der Waals surface area contributed by atoms with E-state index in [2.05, 4.69) is 0 Å². The third-order valence-electron chi connectivity index (χ3n) is 1.96. The molecular formula is C9H9NO2S. The maximum Gasteiger partial charge on any atom is 0.230 e. The first-order chi connectivity index (χ1) is 6.16. The summed E-state index contributed by atoms with van der Waals surface area (Å²) in [6.07, 6.45) is 5.74. The fourth-order valence-corrected chi connectivity index (χ4v) is 2.53. The summed E-state index contributed by atoms with van der Waals surface area (Å²) in [5.74, 6) is 0.210. The van der Waals surface area contributed by atoms with Gasteiger partial charge in [0.05, 0.1) is 11.8 Å². The Labute approximate surface area is 80.5 Å². The van der Waals surface area contributed by atoms with Gasteiger partial charge in [-0.3, -0.25) is 9.59 Å². The Balaban J connectivity index is 2.14. The van der Waals surface area contributed by atoms with Crippen molar-refractivity contribution in [3.63, 3.8) is 0 Å². The van der Waals surface area contributed by atoms with E-state index in [4.69, 9.17) is 0 Å². The highest BCUT2D eigenvalue weighted by Gasteiger charge is 2.37. The molecule has 0 saturated carbocycles. The Morgan fingerprint density at radius 1 is 1.77 bits per heavy atom. The van der Waals surface area contributed by atoms with Gasteiger partial charge in [-0.1, -0.05) is 11.8 Å². The molecule has 0 aromatic rings. The lowest BCUT2D eigenvalue weighted by molar-refractivity contribution is -0.137. The lowest BCUT2D eigenvalue weighted by Gasteiger charge is -2.39. The molecule has 3 nitrogen and oxygen atoms in total. The predicted octanol–water partition coefficient (Wildman–Crippen LogP) is 1.28. The smallest absolute Gasteiger partial charge is 0.230 e. The van der Waals surface area contributed by atoms with Crippen LogP contribution in [0.3, 0.4) is 0 Å². The average molecular weight is 195 g/mol. The van der Waals surface area contributed by atoms with E-state index in [0.29, 0.717) is 6.42 Å². The van der Waals surface area contributed by atoms with Crippen LogP contribution >= 0.6 is 11.8 Å². The van der Waals surface area contributed by atoms with E-state index in [1.165, 1.54) is 6.92 Å². The first-order valence-electron chi connectivity index (χ1n) is 4.05. The molecule has 13 heavy (non-hydrogen) atoms. The molecule has 0 aromatic carbocycles. The van der Waals surface area contributed by atoms with E-state index in [1.54, 1.807) is 35.0 Å². The molecule has 1 amide bonds. The summed E-state index contributed by atoms with van der Waals surface area (Å²) in [6.45, 7) is 1.53. The molecule has 0 N–H and O–H groups in total. The number of thioether (sulfide) groups is 1. The molecule has 1 fully saturated rings. The van der Waals surface area contributed by atoms with Crippen LogP contribution in [0.2, 0.25) is 0 Å². The van der Waals surface area contributed by atoms with Gasteiger partial charge in [0.1, 0.15) is 0 Å². The number of hydrogen-bond donors (Lipinski definition) is 0. The number of hydrogen-bond acceptors (Lipinski definition) is 3. The normalized spacial score (nSPS) is 28.7. The van der Waals surface area contributed by atoms with Gasteiger partial charge in [-0.2, -0.15) is 0 Å². The van der Waals surface area contributed by atoms with Crippen molar-refractivity contribution in [3.8, 4) is 0 Å². The highest BCUT2D eigenvalue weighted by atomic mass is 32.2. The van der Waals surface area contributed by atoms with Crippen molar-refractivity contribution in [3.05, 3.63) is 23.3 Å². The number of carbonyl (C=O) groups is 2. The van der Waals surface area contributed by atoms with Gasteiger partial charge in [-0.15, -0.1) is 0 Å². The monoisotopic (exact) mass is 195 g/mol. The molecule has 4 heteroatoms. The Hall–Kier alpha value is -1.03. The maximum atomic E-state index is 11.0. The molecule has 0 aliphatic carbocycles. The van der Waals surface area contributed by atoms with Crippen molar-refractivity contribution >= 4 is 23.5 Å². The molecule has 0 radical (unpaired) electrons. The van der Waals surface area contributed by atoms with Gasteiger partial charge in [-0.05, 0) is 19.1 Å². The summed E-state index contributed by atoms with van der Waals surface area (Å²) in [4.78, 5) is 24.4. The zero-order valence-corrected chi connectivity index (χ0v) is 8.00. The lowest BCUT2D eigenvalue weighted by Crippen LogP contribution is -2.48. The number of β-lactam (4-membered cyclic amide) rings is 1. The molecule has 0 bridgehead atoms. The van der Waals surface area contributed by atoms with Gasteiger partial charge < -0.3 is 4.90 Å². The highest BCUT2D eigenvalue weighted by molar-refractivity contribution is 8.04. The Kier molecular flexibility index (Phi) is 2.00. The number of allylic oxidation sites excluding steroid dienone is 2. The fraction of sp³-hybridized carbons (Fsp3) is 0.333. The quantitative estimate of drug-likeness (QED) is 0.467. The second-order valence-corrected chi connectivity index (χ2v) is 4.30. The van der Waals surface area contributed by atoms with E-state index < -0.39 is 0 Å². The molecule has 2 aliphatic heterocycles. The first-order valence-corrected chi connectivity index (χ1v) is 4.93. The summed E-state index contributed by atoms with van der Waals surface area (Å²) in [5.41, 5.74) is 0. The van der Waals surface area contributed by atoms with Crippen LogP contribution < -0.4 is 0 Å². The van der Waals surface area contributed by atoms with E-state index in [0.717, 1.165) is 4.91 Å². The van der Waals surface area contributed by atoms with Crippen LogP contribution in [-0.2, 0) is 9.59 Å². The summed E-state index contributed by atoms with van der Waals surface area (Å²) in [7, 11) is 0. The molecular weight excluding hydrogens is 186 g/mol. The highest BCUT2D eigenvalue weighted by Crippen LogP contribution is 2.38. The van der Waals surface area contributed by atoms with Crippen molar-refractivity contribution in [2.45, 2.75) is 18.7 Å². The minimum atomic E-state index is 0.0475. The minimum Gasteiger partial charge on any atom is -0.306 e. The zero-order chi connectivity index (χ0) is 9.42. The van der Waals surface area contributed by atoms with E-state index in [-0.39, 0.29) is 17.1 Å². The van der Waals surface area contributed by atoms with Crippen molar-refractivity contribution in [2.75, 3.05) is 0 Å². The topological polar surface area (TPSA) is 37.4 Å². The molecule has 1 atom stereocenters. The standard InChI is InChI=1S/C9H9NO2S/c1-6(11)4-7-2-3-10-8(12)5-9(10)13-7/h2-4,9H,5H2,1H3/t9-/m1/s1. The van der Waals surface area contributed by atoms with Crippen LogP contribution in [0.15, 0.2) is 23.3 Å². The summed E-state index contributed by atoms with van der Waals surface area (Å²) < 4.78 is 0. The van der Waals surface area contributed by atoms with Gasteiger partial charge in [0.2, 0.25) is 5.91 Å². The SMILES string of the molecule is CC(=O)C=C1C=CN2C(=O)C[C@H]2S1. The summed E-state index contributed by atoms with van der Waals surface area (Å²) >= 11 is 1.57. The Morgan fingerprint density at radius 2 is 2.54 bits per heavy atom. The van der Waals surface area contributed by atoms with Gasteiger partial charge in [0, 0.05) is 11.1 Å². The van der Waals surface area contributed by atoms with Crippen LogP contribution in [0.25, 0.3) is 0 Å². The van der Waals surface area contributed by atoms with Crippen LogP contribution in [0.4, 0.5) is 0 Å². The lowest BCUT2D eigenvalue weighted by atomic mass is 10.2. The molecule has 0 spiro atoms. The molecule has 68 valence electrons. The van der Waals surface area contributed by atoms with Crippen molar-refractivity contribution in [1.29, 1.82) is 0 Å². The second kappa shape index (κ2) is 3.03. The summed E-state index contributed by atoms with van der Waals surface area (Å²) in [5, 5.41) is 0.225. The number of rotatable bonds is 1. The number of nitrogens with zero attached hydrogens (tertiary/aromatic N) is 1. The van der Waals surface area contributed by atoms with Gasteiger partial charge in [0.25, 0.3) is 0 Å². The van der Waals surface area contributed by atoms with Crippen LogP contribution in [0.5, 0.6) is 0 Å². The molecule has 2 aliphatic rings. The third-order valence-corrected chi connectivity index (χ3v) is 3.16. The maximum absolute atomic E-state index is 11.0. The van der Waals surface area contributed by atoms with E-state index in [9.17, 15) is 9.59 Å². The van der Waals surface area contributed by atoms with Crippen molar-refractivity contribution in [1.82, 2.24) is 4.90 Å². The van der Waals surface area contributed by atoms with E-state index in [1.807, 2.05) is 0 Å². The number of ketones is 1.